The molecule has 0 spiro atoms. The molecule has 0 heterocycles. The molecular weight excluding hydrogens is 240 g/mol. The summed E-state index contributed by atoms with van der Waals surface area (Å²) in [5.41, 5.74) is 0.717. The van der Waals surface area contributed by atoms with Crippen molar-refractivity contribution in [1.82, 2.24) is 5.32 Å². The lowest BCUT2D eigenvalue weighted by Crippen LogP contribution is -2.30. The Morgan fingerprint density at radius 3 is 2.53 bits per heavy atom. The molecule has 1 rings (SSSR count). The molecule has 0 unspecified atom stereocenters. The molecule has 0 aliphatic carbocycles. The summed E-state index contributed by atoms with van der Waals surface area (Å²) >= 11 is 0. The maximum atomic E-state index is 11.2. The number of benzene rings is 1. The molecule has 0 aliphatic heterocycles. The van der Waals surface area contributed by atoms with Crippen molar-refractivity contribution in [1.29, 1.82) is 0 Å². The van der Waals surface area contributed by atoms with Gasteiger partial charge in [0.15, 0.2) is 0 Å². The standard InChI is InChI=1S/C11H12N2O3S/c12-17(15,16)9-8-13-11(14)7-6-10-4-2-1-3-5-10/h1-5H,8-9H2,(H,13,14)(H2,12,15,16). The van der Waals surface area contributed by atoms with Gasteiger partial charge in [-0.05, 0) is 12.1 Å². The van der Waals surface area contributed by atoms with Gasteiger partial charge >= 0.3 is 0 Å². The highest BCUT2D eigenvalue weighted by Crippen LogP contribution is 1.94. The summed E-state index contributed by atoms with van der Waals surface area (Å²) in [5.74, 6) is 4.17. The predicted molar refractivity (Wildman–Crippen MR) is 64.3 cm³/mol. The summed E-state index contributed by atoms with van der Waals surface area (Å²) in [7, 11) is -3.55. The SMILES string of the molecule is NS(=O)(=O)CCNC(=O)C#Cc1ccccc1. The minimum atomic E-state index is -3.55. The molecular formula is C11H12N2O3S. The summed E-state index contributed by atoms with van der Waals surface area (Å²) in [6.45, 7) is -0.0405. The first-order valence-electron chi connectivity index (χ1n) is 4.83. The lowest BCUT2D eigenvalue weighted by molar-refractivity contribution is -0.115. The number of primary sulfonamides is 1. The first-order valence-corrected chi connectivity index (χ1v) is 6.54. The van der Waals surface area contributed by atoms with Gasteiger partial charge in [-0.25, -0.2) is 13.6 Å². The minimum Gasteiger partial charge on any atom is -0.344 e. The molecule has 3 N–H and O–H groups in total. The van der Waals surface area contributed by atoms with Gasteiger partial charge in [-0.3, -0.25) is 4.79 Å². The maximum Gasteiger partial charge on any atom is 0.296 e. The second-order valence-corrected chi connectivity index (χ2v) is 4.97. The van der Waals surface area contributed by atoms with Crippen LogP contribution in [0.1, 0.15) is 5.56 Å². The summed E-state index contributed by atoms with van der Waals surface area (Å²) < 4.78 is 21.2. The fourth-order valence-electron chi connectivity index (χ4n) is 1.00. The lowest BCUT2D eigenvalue weighted by atomic mass is 10.2. The molecule has 0 aliphatic rings. The molecule has 0 fully saturated rings. The van der Waals surface area contributed by atoms with E-state index < -0.39 is 15.9 Å². The molecule has 0 radical (unpaired) electrons. The molecule has 1 aromatic carbocycles. The molecule has 1 amide bonds. The van der Waals surface area contributed by atoms with E-state index in [1.54, 1.807) is 12.1 Å². The Kier molecular flexibility index (Phi) is 4.69. The van der Waals surface area contributed by atoms with E-state index in [9.17, 15) is 13.2 Å². The van der Waals surface area contributed by atoms with Gasteiger partial charge in [-0.15, -0.1) is 0 Å². The van der Waals surface area contributed by atoms with E-state index in [0.717, 1.165) is 0 Å². The van der Waals surface area contributed by atoms with Crippen molar-refractivity contribution in [2.75, 3.05) is 12.3 Å². The third-order valence-corrected chi connectivity index (χ3v) is 2.54. The predicted octanol–water partition coefficient (Wildman–Crippen LogP) is -0.557. The minimum absolute atomic E-state index is 0.0405. The molecule has 0 bridgehead atoms. The smallest absolute Gasteiger partial charge is 0.296 e. The highest BCUT2D eigenvalue weighted by Gasteiger charge is 2.02. The molecule has 0 atom stereocenters. The molecule has 0 saturated heterocycles. The number of carbonyl (C=O) groups is 1. The topological polar surface area (TPSA) is 89.3 Å². The van der Waals surface area contributed by atoms with Crippen LogP contribution in [0.25, 0.3) is 0 Å². The number of nitrogens with two attached hydrogens (primary N) is 1. The van der Waals surface area contributed by atoms with Crippen LogP contribution in [-0.2, 0) is 14.8 Å². The second-order valence-electron chi connectivity index (χ2n) is 3.24. The van der Waals surface area contributed by atoms with Crippen LogP contribution < -0.4 is 10.5 Å². The van der Waals surface area contributed by atoms with Crippen molar-refractivity contribution in [3.63, 3.8) is 0 Å². The number of nitrogens with one attached hydrogen (secondary N) is 1. The van der Waals surface area contributed by atoms with Gasteiger partial charge in [0.25, 0.3) is 5.91 Å². The molecule has 90 valence electrons. The van der Waals surface area contributed by atoms with Crippen LogP contribution in [-0.4, -0.2) is 26.6 Å². The average molecular weight is 252 g/mol. The Morgan fingerprint density at radius 1 is 1.29 bits per heavy atom. The lowest BCUT2D eigenvalue weighted by Gasteiger charge is -1.98. The highest BCUT2D eigenvalue weighted by molar-refractivity contribution is 7.89. The highest BCUT2D eigenvalue weighted by atomic mass is 32.2. The van der Waals surface area contributed by atoms with E-state index in [1.807, 2.05) is 18.2 Å². The van der Waals surface area contributed by atoms with E-state index in [2.05, 4.69) is 17.2 Å². The van der Waals surface area contributed by atoms with Crippen molar-refractivity contribution in [2.45, 2.75) is 0 Å². The number of rotatable bonds is 3. The van der Waals surface area contributed by atoms with E-state index >= 15 is 0 Å². The fourth-order valence-corrected chi connectivity index (χ4v) is 1.39. The first-order chi connectivity index (χ1) is 7.97. The van der Waals surface area contributed by atoms with E-state index in [-0.39, 0.29) is 12.3 Å². The average Bonchev–Trinajstić information content (AvgIpc) is 2.26. The summed E-state index contributed by atoms with van der Waals surface area (Å²) in [6.07, 6.45) is 0. The van der Waals surface area contributed by atoms with Crippen molar-refractivity contribution in [3.8, 4) is 11.8 Å². The van der Waals surface area contributed by atoms with E-state index in [4.69, 9.17) is 5.14 Å². The van der Waals surface area contributed by atoms with Crippen LogP contribution in [0, 0.1) is 11.8 Å². The maximum absolute atomic E-state index is 11.2. The normalized spacial score (nSPS) is 10.2. The van der Waals surface area contributed by atoms with Gasteiger partial charge < -0.3 is 5.32 Å². The Balaban J connectivity index is 2.43. The van der Waals surface area contributed by atoms with E-state index in [0.29, 0.717) is 5.56 Å². The van der Waals surface area contributed by atoms with Crippen molar-refractivity contribution in [2.24, 2.45) is 5.14 Å². The molecule has 5 nitrogen and oxygen atoms in total. The van der Waals surface area contributed by atoms with Crippen LogP contribution in [0.4, 0.5) is 0 Å². The van der Waals surface area contributed by atoms with Gasteiger partial charge in [0.05, 0.1) is 5.75 Å². The molecule has 6 heteroatoms. The van der Waals surface area contributed by atoms with Crippen LogP contribution in [0.15, 0.2) is 30.3 Å². The molecule has 17 heavy (non-hydrogen) atoms. The quantitative estimate of drug-likeness (QED) is 0.707. The molecule has 1 aromatic rings. The monoisotopic (exact) mass is 252 g/mol. The Bertz CT molecular complexity index is 541. The summed E-state index contributed by atoms with van der Waals surface area (Å²) in [4.78, 5) is 11.2. The Hall–Kier alpha value is -1.84. The number of sulfonamides is 1. The zero-order valence-corrected chi connectivity index (χ0v) is 9.83. The number of hydrogen-bond acceptors (Lipinski definition) is 3. The van der Waals surface area contributed by atoms with Crippen LogP contribution >= 0.6 is 0 Å². The van der Waals surface area contributed by atoms with Crippen LogP contribution in [0.2, 0.25) is 0 Å². The largest absolute Gasteiger partial charge is 0.344 e. The first kappa shape index (κ1) is 13.2. The summed E-state index contributed by atoms with van der Waals surface area (Å²) in [5, 5.41) is 7.11. The Morgan fingerprint density at radius 2 is 1.94 bits per heavy atom. The zero-order chi connectivity index (χ0) is 12.7. The third kappa shape index (κ3) is 6.35. The van der Waals surface area contributed by atoms with Crippen molar-refractivity contribution < 1.29 is 13.2 Å². The second kappa shape index (κ2) is 6.03. The van der Waals surface area contributed by atoms with Gasteiger partial charge in [0, 0.05) is 18.0 Å². The summed E-state index contributed by atoms with van der Waals surface area (Å²) in [6, 6.07) is 9.00. The third-order valence-electron chi connectivity index (χ3n) is 1.77. The van der Waals surface area contributed by atoms with Gasteiger partial charge in [0.2, 0.25) is 10.0 Å². The van der Waals surface area contributed by atoms with Gasteiger partial charge in [0.1, 0.15) is 0 Å². The van der Waals surface area contributed by atoms with E-state index in [1.165, 1.54) is 0 Å². The zero-order valence-electron chi connectivity index (χ0n) is 9.01. The van der Waals surface area contributed by atoms with Crippen molar-refractivity contribution >= 4 is 15.9 Å². The number of amides is 1. The number of hydrogen-bond donors (Lipinski definition) is 2. The van der Waals surface area contributed by atoms with Crippen LogP contribution in [0.3, 0.4) is 0 Å². The molecule has 0 aromatic heterocycles. The fraction of sp³-hybridized carbons (Fsp3) is 0.182. The van der Waals surface area contributed by atoms with Gasteiger partial charge in [-0.2, -0.15) is 0 Å². The number of carbonyl (C=O) groups excluding carboxylic acids is 1. The Labute approximate surface area is 100 Å². The van der Waals surface area contributed by atoms with Gasteiger partial charge in [-0.1, -0.05) is 24.1 Å². The molecule has 0 saturated carbocycles. The van der Waals surface area contributed by atoms with Crippen LogP contribution in [0.5, 0.6) is 0 Å². The van der Waals surface area contributed by atoms with Crippen molar-refractivity contribution in [3.05, 3.63) is 35.9 Å².